The van der Waals surface area contributed by atoms with Crippen molar-refractivity contribution in [3.8, 4) is 11.4 Å². The maximum Gasteiger partial charge on any atom is 0.324 e. The van der Waals surface area contributed by atoms with Crippen molar-refractivity contribution in [1.82, 2.24) is 19.7 Å². The molecule has 0 radical (unpaired) electrons. The molecule has 2 aromatic heterocycles. The van der Waals surface area contributed by atoms with Crippen LogP contribution < -0.4 is 15.4 Å². The number of ether oxygens (including phenoxy) is 2. The summed E-state index contributed by atoms with van der Waals surface area (Å²) in [6.45, 7) is 15.6. The number of anilines is 2. The first-order valence-corrected chi connectivity index (χ1v) is 14.2. The molecule has 2 aromatic carbocycles. The van der Waals surface area contributed by atoms with E-state index in [0.717, 1.165) is 53.2 Å². The Morgan fingerprint density at radius 2 is 1.76 bits per heavy atom. The van der Waals surface area contributed by atoms with Gasteiger partial charge in [0, 0.05) is 47.6 Å². The highest BCUT2D eigenvalue weighted by atomic mass is 16.5. The molecule has 41 heavy (non-hydrogen) atoms. The summed E-state index contributed by atoms with van der Waals surface area (Å²) in [6.07, 6.45) is 2.20. The maximum atomic E-state index is 13.3. The van der Waals surface area contributed by atoms with E-state index in [9.17, 15) is 4.79 Å². The second-order valence-electron chi connectivity index (χ2n) is 11.8. The monoisotopic (exact) mass is 556 g/mol. The number of hydrogen-bond acceptors (Lipinski definition) is 6. The molecule has 2 N–H and O–H groups in total. The zero-order valence-corrected chi connectivity index (χ0v) is 24.8. The Kier molecular flexibility index (Phi) is 8.28. The van der Waals surface area contributed by atoms with Gasteiger partial charge >= 0.3 is 6.03 Å². The fourth-order valence-corrected chi connectivity index (χ4v) is 5.15. The summed E-state index contributed by atoms with van der Waals surface area (Å²) in [7, 11) is 0. The Bertz CT molecular complexity index is 1500. The molecule has 5 rings (SSSR count). The first kappa shape index (κ1) is 28.6. The predicted molar refractivity (Wildman–Crippen MR) is 163 cm³/mol. The fraction of sp³-hybridized carbons (Fsp3) is 0.406. The van der Waals surface area contributed by atoms with Gasteiger partial charge in [-0.3, -0.25) is 15.2 Å². The first-order chi connectivity index (χ1) is 19.6. The van der Waals surface area contributed by atoms with Gasteiger partial charge < -0.3 is 14.8 Å². The molecule has 1 aliphatic heterocycles. The van der Waals surface area contributed by atoms with Crippen molar-refractivity contribution in [2.24, 2.45) is 0 Å². The van der Waals surface area contributed by atoms with Crippen LogP contribution in [0.4, 0.5) is 16.3 Å². The molecular formula is C32H40N6O3. The highest BCUT2D eigenvalue weighted by Crippen LogP contribution is 2.32. The molecule has 0 unspecified atom stereocenters. The van der Waals surface area contributed by atoms with Crippen LogP contribution in [0.15, 0.2) is 60.8 Å². The number of aromatic nitrogens is 3. The molecule has 9 nitrogen and oxygen atoms in total. The van der Waals surface area contributed by atoms with Crippen LogP contribution in [0.5, 0.6) is 5.75 Å². The number of carbonyl (C=O) groups excluding carboxylic acids is 1. The van der Waals surface area contributed by atoms with E-state index in [1.54, 1.807) is 10.9 Å². The Hall–Kier alpha value is -3.95. The fourth-order valence-electron chi connectivity index (χ4n) is 5.15. The summed E-state index contributed by atoms with van der Waals surface area (Å²) in [5, 5.41) is 12.7. The van der Waals surface area contributed by atoms with Gasteiger partial charge in [0.25, 0.3) is 0 Å². The third-order valence-corrected chi connectivity index (χ3v) is 7.15. The van der Waals surface area contributed by atoms with Gasteiger partial charge in [-0.05, 0) is 45.0 Å². The summed E-state index contributed by atoms with van der Waals surface area (Å²) >= 11 is 0. The minimum Gasteiger partial charge on any atom is -0.492 e. The molecule has 9 heteroatoms. The SMILES string of the molecule is Cc1ccc(-n2nc(C(C)(C)C)cc2NC(=O)Nc2ccc(OCCN3C[C@H](C)O[C@@H](C)C3)c3ccccc23)cn1. The van der Waals surface area contributed by atoms with E-state index < -0.39 is 0 Å². The predicted octanol–water partition coefficient (Wildman–Crippen LogP) is 6.16. The number of nitrogens with one attached hydrogen (secondary N) is 2. The van der Waals surface area contributed by atoms with Crippen LogP contribution in [-0.4, -0.2) is 64.1 Å². The third kappa shape index (κ3) is 6.86. The van der Waals surface area contributed by atoms with Crippen LogP contribution in [0.2, 0.25) is 0 Å². The average molecular weight is 557 g/mol. The molecule has 1 saturated heterocycles. The summed E-state index contributed by atoms with van der Waals surface area (Å²) in [5.74, 6) is 1.36. The van der Waals surface area contributed by atoms with Gasteiger partial charge in [0.15, 0.2) is 0 Å². The van der Waals surface area contributed by atoms with Gasteiger partial charge in [0.1, 0.15) is 18.2 Å². The van der Waals surface area contributed by atoms with Crippen molar-refractivity contribution in [3.05, 3.63) is 72.2 Å². The zero-order valence-electron chi connectivity index (χ0n) is 24.8. The number of pyridine rings is 1. The lowest BCUT2D eigenvalue weighted by atomic mass is 9.92. The molecule has 4 aromatic rings. The molecule has 2 amide bonds. The van der Waals surface area contributed by atoms with Crippen molar-refractivity contribution in [2.75, 3.05) is 36.9 Å². The number of rotatable bonds is 7. The summed E-state index contributed by atoms with van der Waals surface area (Å²) < 4.78 is 13.8. The number of benzene rings is 2. The van der Waals surface area contributed by atoms with Crippen molar-refractivity contribution in [1.29, 1.82) is 0 Å². The highest BCUT2D eigenvalue weighted by Gasteiger charge is 2.23. The Morgan fingerprint density at radius 3 is 2.44 bits per heavy atom. The smallest absolute Gasteiger partial charge is 0.324 e. The van der Waals surface area contributed by atoms with E-state index in [-0.39, 0.29) is 23.7 Å². The molecule has 2 atom stereocenters. The number of urea groups is 1. The molecule has 0 aliphatic carbocycles. The molecule has 0 spiro atoms. The van der Waals surface area contributed by atoms with Gasteiger partial charge in [-0.1, -0.05) is 45.0 Å². The lowest BCUT2D eigenvalue weighted by molar-refractivity contribution is -0.0699. The van der Waals surface area contributed by atoms with Crippen LogP contribution in [0, 0.1) is 6.92 Å². The Balaban J connectivity index is 1.31. The van der Waals surface area contributed by atoms with Crippen molar-refractivity contribution in [3.63, 3.8) is 0 Å². The third-order valence-electron chi connectivity index (χ3n) is 7.15. The van der Waals surface area contributed by atoms with Crippen LogP contribution in [0.1, 0.15) is 46.0 Å². The van der Waals surface area contributed by atoms with Gasteiger partial charge in [0.05, 0.1) is 35.5 Å². The van der Waals surface area contributed by atoms with Crippen molar-refractivity contribution >= 4 is 28.3 Å². The Morgan fingerprint density at radius 1 is 1.02 bits per heavy atom. The molecular weight excluding hydrogens is 516 g/mol. The van der Waals surface area contributed by atoms with E-state index in [1.807, 2.05) is 61.5 Å². The minimum atomic E-state index is -0.360. The quantitative estimate of drug-likeness (QED) is 0.283. The molecule has 0 bridgehead atoms. The van der Waals surface area contributed by atoms with Crippen LogP contribution in [0.25, 0.3) is 16.5 Å². The summed E-state index contributed by atoms with van der Waals surface area (Å²) in [5.41, 5.74) is 3.05. The van der Waals surface area contributed by atoms with Crippen LogP contribution in [0.3, 0.4) is 0 Å². The van der Waals surface area contributed by atoms with E-state index in [2.05, 4.69) is 55.1 Å². The minimum absolute atomic E-state index is 0.194. The lowest BCUT2D eigenvalue weighted by Crippen LogP contribution is -2.46. The second kappa shape index (κ2) is 11.9. The summed E-state index contributed by atoms with van der Waals surface area (Å²) in [4.78, 5) is 20.1. The number of amides is 2. The number of carbonyl (C=O) groups is 1. The van der Waals surface area contributed by atoms with E-state index >= 15 is 0 Å². The van der Waals surface area contributed by atoms with Crippen molar-refractivity contribution < 1.29 is 14.3 Å². The highest BCUT2D eigenvalue weighted by molar-refractivity contribution is 6.07. The number of aryl methyl sites for hydroxylation is 1. The van der Waals surface area contributed by atoms with E-state index in [0.29, 0.717) is 18.1 Å². The number of hydrogen-bond donors (Lipinski definition) is 2. The van der Waals surface area contributed by atoms with Gasteiger partial charge in [-0.2, -0.15) is 5.10 Å². The second-order valence-corrected chi connectivity index (χ2v) is 11.8. The largest absolute Gasteiger partial charge is 0.492 e. The lowest BCUT2D eigenvalue weighted by Gasteiger charge is -2.35. The standard InChI is InChI=1S/C32H40N6O3/c1-21-11-12-24(18-33-21)38-30(17-29(36-38)32(4,5)6)35-31(39)34-27-13-14-28(26-10-8-7-9-25(26)27)40-16-15-37-19-22(2)41-23(3)20-37/h7-14,17-18,22-23H,15-16,19-20H2,1-6H3,(H2,34,35,39)/t22-,23-/m0/s1. The average Bonchev–Trinajstić information content (AvgIpc) is 3.34. The maximum absolute atomic E-state index is 13.3. The van der Waals surface area contributed by atoms with Gasteiger partial charge in [0.2, 0.25) is 0 Å². The summed E-state index contributed by atoms with van der Waals surface area (Å²) in [6, 6.07) is 17.2. The molecule has 1 aliphatic rings. The van der Waals surface area contributed by atoms with Crippen LogP contribution in [-0.2, 0) is 10.2 Å². The van der Waals surface area contributed by atoms with E-state index in [1.165, 1.54) is 0 Å². The Labute approximate surface area is 241 Å². The van der Waals surface area contributed by atoms with Gasteiger partial charge in [-0.15, -0.1) is 0 Å². The molecule has 1 fully saturated rings. The topological polar surface area (TPSA) is 93.5 Å². The molecule has 216 valence electrons. The number of fused-ring (bicyclic) bond motifs is 1. The van der Waals surface area contributed by atoms with E-state index in [4.69, 9.17) is 14.6 Å². The first-order valence-electron chi connectivity index (χ1n) is 14.2. The van der Waals surface area contributed by atoms with Crippen LogP contribution >= 0.6 is 0 Å². The molecule has 3 heterocycles. The number of morpholine rings is 1. The zero-order chi connectivity index (χ0) is 29.1. The van der Waals surface area contributed by atoms with Crippen molar-refractivity contribution in [2.45, 2.75) is 59.2 Å². The molecule has 0 saturated carbocycles. The van der Waals surface area contributed by atoms with Gasteiger partial charge in [-0.25, -0.2) is 9.48 Å². The number of nitrogens with zero attached hydrogens (tertiary/aromatic N) is 4. The normalized spacial score (nSPS) is 17.9.